The van der Waals surface area contributed by atoms with Crippen molar-refractivity contribution in [1.82, 2.24) is 9.78 Å². The summed E-state index contributed by atoms with van der Waals surface area (Å²) >= 11 is 0. The molecule has 0 atom stereocenters. The number of hydrogen-bond acceptors (Lipinski definition) is 4. The first-order valence-electron chi connectivity index (χ1n) is 8.39. The number of nitrogens with one attached hydrogen (secondary N) is 1. The van der Waals surface area contributed by atoms with Crippen molar-refractivity contribution in [2.45, 2.75) is 13.8 Å². The maximum atomic E-state index is 13.1. The number of nitrogens with zero attached hydrogens (tertiary/aromatic N) is 2. The number of anilines is 1. The van der Waals surface area contributed by atoms with Gasteiger partial charge in [0.15, 0.2) is 18.2 Å². The number of aryl methyl sites for hydroxylation is 2. The van der Waals surface area contributed by atoms with E-state index < -0.39 is 30.1 Å². The molecule has 144 valence electrons. The normalized spacial score (nSPS) is 10.6. The highest BCUT2D eigenvalue weighted by Gasteiger charge is 2.12. The molecule has 0 aliphatic heterocycles. The number of aromatic nitrogens is 2. The molecule has 1 N–H and O–H groups in total. The monoisotopic (exact) mass is 385 g/mol. The summed E-state index contributed by atoms with van der Waals surface area (Å²) in [6.45, 7) is 3.26. The topological polar surface area (TPSA) is 73.2 Å². The molecule has 6 nitrogen and oxygen atoms in total. The second-order valence-electron chi connectivity index (χ2n) is 6.14. The van der Waals surface area contributed by atoms with Gasteiger partial charge in [0.1, 0.15) is 0 Å². The Bertz CT molecular complexity index is 1030. The molecule has 8 heteroatoms. The fraction of sp³-hybridized carbons (Fsp3) is 0.150. The highest BCUT2D eigenvalue weighted by molar-refractivity contribution is 5.95. The lowest BCUT2D eigenvalue weighted by Crippen LogP contribution is -2.21. The number of esters is 1. The molecule has 0 spiro atoms. The fourth-order valence-electron chi connectivity index (χ4n) is 2.61. The summed E-state index contributed by atoms with van der Waals surface area (Å²) < 4.78 is 32.7. The average Bonchev–Trinajstić information content (AvgIpc) is 3.01. The maximum absolute atomic E-state index is 13.1. The molecule has 1 heterocycles. The van der Waals surface area contributed by atoms with Crippen LogP contribution in [0, 0.1) is 25.5 Å². The van der Waals surface area contributed by atoms with Crippen molar-refractivity contribution in [2.24, 2.45) is 0 Å². The zero-order chi connectivity index (χ0) is 20.3. The third-order valence-electron chi connectivity index (χ3n) is 3.89. The molecule has 0 aliphatic carbocycles. The molecule has 0 aliphatic rings. The summed E-state index contributed by atoms with van der Waals surface area (Å²) in [7, 11) is 0. The molecule has 1 amide bonds. The van der Waals surface area contributed by atoms with Crippen LogP contribution in [0.2, 0.25) is 0 Å². The Balaban J connectivity index is 1.57. The van der Waals surface area contributed by atoms with Crippen LogP contribution >= 0.6 is 0 Å². The Morgan fingerprint density at radius 3 is 2.36 bits per heavy atom. The van der Waals surface area contributed by atoms with Crippen molar-refractivity contribution in [3.05, 3.63) is 77.1 Å². The van der Waals surface area contributed by atoms with Crippen LogP contribution < -0.4 is 5.32 Å². The minimum Gasteiger partial charge on any atom is -0.452 e. The van der Waals surface area contributed by atoms with Gasteiger partial charge in [0, 0.05) is 17.4 Å². The Morgan fingerprint density at radius 2 is 1.75 bits per heavy atom. The van der Waals surface area contributed by atoms with Crippen molar-refractivity contribution in [3.63, 3.8) is 0 Å². The van der Waals surface area contributed by atoms with E-state index in [0.29, 0.717) is 0 Å². The SMILES string of the molecule is Cc1cc(C)n(-c2ccc(C(=O)OCC(=O)Nc3ccc(F)c(F)c3)cc2)n1. The lowest BCUT2D eigenvalue weighted by atomic mass is 10.2. The number of benzene rings is 2. The molecule has 2 aromatic carbocycles. The quantitative estimate of drug-likeness (QED) is 0.682. The Labute approximate surface area is 159 Å². The lowest BCUT2D eigenvalue weighted by molar-refractivity contribution is -0.119. The summed E-state index contributed by atoms with van der Waals surface area (Å²) in [5, 5.41) is 6.68. The number of halogens is 2. The van der Waals surface area contributed by atoms with Gasteiger partial charge in [0.2, 0.25) is 0 Å². The van der Waals surface area contributed by atoms with Gasteiger partial charge in [0.05, 0.1) is 16.9 Å². The Morgan fingerprint density at radius 1 is 1.04 bits per heavy atom. The standard InChI is InChI=1S/C20H17F2N3O3/c1-12-9-13(2)25(24-12)16-6-3-14(4-7-16)20(27)28-11-19(26)23-15-5-8-17(21)18(22)10-15/h3-10H,11H2,1-2H3,(H,23,26). The third kappa shape index (κ3) is 4.40. The summed E-state index contributed by atoms with van der Waals surface area (Å²) in [5.41, 5.74) is 2.97. The molecule has 0 saturated carbocycles. The van der Waals surface area contributed by atoms with E-state index in [4.69, 9.17) is 4.74 Å². The zero-order valence-electron chi connectivity index (χ0n) is 15.2. The van der Waals surface area contributed by atoms with Crippen LogP contribution in [0.15, 0.2) is 48.5 Å². The van der Waals surface area contributed by atoms with E-state index in [1.165, 1.54) is 6.07 Å². The highest BCUT2D eigenvalue weighted by atomic mass is 19.2. The van der Waals surface area contributed by atoms with Crippen LogP contribution in [0.4, 0.5) is 14.5 Å². The number of ether oxygens (including phenoxy) is 1. The van der Waals surface area contributed by atoms with Crippen molar-refractivity contribution < 1.29 is 23.1 Å². The largest absolute Gasteiger partial charge is 0.452 e. The number of rotatable bonds is 5. The molecule has 0 unspecified atom stereocenters. The van der Waals surface area contributed by atoms with Crippen molar-refractivity contribution in [1.29, 1.82) is 0 Å². The number of carbonyl (C=O) groups is 2. The van der Waals surface area contributed by atoms with Crippen LogP contribution in [0.3, 0.4) is 0 Å². The predicted octanol–water partition coefficient (Wildman–Crippen LogP) is 3.56. The van der Waals surface area contributed by atoms with Crippen molar-refractivity contribution in [2.75, 3.05) is 11.9 Å². The van der Waals surface area contributed by atoms with E-state index in [2.05, 4.69) is 10.4 Å². The van der Waals surface area contributed by atoms with Crippen LogP contribution in [0.5, 0.6) is 0 Å². The van der Waals surface area contributed by atoms with Crippen molar-refractivity contribution in [3.8, 4) is 5.69 Å². The smallest absolute Gasteiger partial charge is 0.338 e. The van der Waals surface area contributed by atoms with Crippen LogP contribution in [-0.2, 0) is 9.53 Å². The second kappa shape index (κ2) is 7.99. The van der Waals surface area contributed by atoms with Gasteiger partial charge in [-0.25, -0.2) is 18.3 Å². The summed E-state index contributed by atoms with van der Waals surface area (Å²) in [4.78, 5) is 23.9. The fourth-order valence-corrected chi connectivity index (χ4v) is 2.61. The van der Waals surface area contributed by atoms with Gasteiger partial charge in [0.25, 0.3) is 5.91 Å². The Kier molecular flexibility index (Phi) is 5.49. The van der Waals surface area contributed by atoms with Gasteiger partial charge >= 0.3 is 5.97 Å². The number of carbonyl (C=O) groups excluding carboxylic acids is 2. The molecule has 3 rings (SSSR count). The van der Waals surface area contributed by atoms with Gasteiger partial charge in [-0.3, -0.25) is 4.79 Å². The lowest BCUT2D eigenvalue weighted by Gasteiger charge is -2.08. The molecular weight excluding hydrogens is 368 g/mol. The van der Waals surface area contributed by atoms with Gasteiger partial charge in [-0.15, -0.1) is 0 Å². The summed E-state index contributed by atoms with van der Waals surface area (Å²) in [6.07, 6.45) is 0. The molecule has 3 aromatic rings. The van der Waals surface area contributed by atoms with Crippen LogP contribution in [-0.4, -0.2) is 28.3 Å². The first kappa shape index (κ1) is 19.2. The van der Waals surface area contributed by atoms with Crippen LogP contribution in [0.25, 0.3) is 5.69 Å². The minimum absolute atomic E-state index is 0.0641. The minimum atomic E-state index is -1.09. The molecule has 0 radical (unpaired) electrons. The van der Waals surface area contributed by atoms with Gasteiger partial charge in [-0.1, -0.05) is 0 Å². The molecule has 28 heavy (non-hydrogen) atoms. The molecule has 0 saturated heterocycles. The van der Waals surface area contributed by atoms with E-state index in [0.717, 1.165) is 29.2 Å². The first-order valence-corrected chi connectivity index (χ1v) is 8.39. The first-order chi connectivity index (χ1) is 13.3. The molecule has 1 aromatic heterocycles. The third-order valence-corrected chi connectivity index (χ3v) is 3.89. The van der Waals surface area contributed by atoms with Gasteiger partial charge < -0.3 is 10.1 Å². The Hall–Kier alpha value is -3.55. The second-order valence-corrected chi connectivity index (χ2v) is 6.14. The van der Waals surface area contributed by atoms with Gasteiger partial charge in [-0.05, 0) is 56.3 Å². The molecule has 0 fully saturated rings. The number of hydrogen-bond donors (Lipinski definition) is 1. The highest BCUT2D eigenvalue weighted by Crippen LogP contribution is 2.15. The van der Waals surface area contributed by atoms with E-state index in [-0.39, 0.29) is 11.3 Å². The molecular formula is C20H17F2N3O3. The zero-order valence-corrected chi connectivity index (χ0v) is 15.2. The van der Waals surface area contributed by atoms with Crippen molar-refractivity contribution >= 4 is 17.6 Å². The van der Waals surface area contributed by atoms with E-state index in [9.17, 15) is 18.4 Å². The molecule has 0 bridgehead atoms. The average molecular weight is 385 g/mol. The summed E-state index contributed by atoms with van der Waals surface area (Å²) in [6, 6.07) is 11.5. The maximum Gasteiger partial charge on any atom is 0.338 e. The van der Waals surface area contributed by atoms with Crippen LogP contribution in [0.1, 0.15) is 21.7 Å². The van der Waals surface area contributed by atoms with Gasteiger partial charge in [-0.2, -0.15) is 5.10 Å². The predicted molar refractivity (Wildman–Crippen MR) is 98.3 cm³/mol. The number of amides is 1. The van der Waals surface area contributed by atoms with E-state index >= 15 is 0 Å². The summed E-state index contributed by atoms with van der Waals surface area (Å²) in [5.74, 6) is -3.45. The van der Waals surface area contributed by atoms with E-state index in [1.807, 2.05) is 19.9 Å². The van der Waals surface area contributed by atoms with E-state index in [1.54, 1.807) is 28.9 Å².